The van der Waals surface area contributed by atoms with Crippen LogP contribution in [0.15, 0.2) is 17.5 Å². The highest BCUT2D eigenvalue weighted by atomic mass is 32.1. The second-order valence-electron chi connectivity index (χ2n) is 2.94. The van der Waals surface area contributed by atoms with E-state index in [1.807, 2.05) is 0 Å². The molecule has 0 aliphatic carbocycles. The van der Waals surface area contributed by atoms with Crippen molar-refractivity contribution < 1.29 is 15.2 Å². The Labute approximate surface area is 84.4 Å². The number of fused-ring (bicyclic) bond motifs is 1. The zero-order valence-electron chi connectivity index (χ0n) is 7.14. The fourth-order valence-corrected chi connectivity index (χ4v) is 2.25. The Hall–Kier alpha value is -1.24. The molecule has 4 nitrogen and oxygen atoms in total. The lowest BCUT2D eigenvalue weighted by Crippen LogP contribution is -2.32. The maximum atomic E-state index is 9.54. The van der Waals surface area contributed by atoms with E-state index < -0.39 is 7.12 Å². The van der Waals surface area contributed by atoms with Gasteiger partial charge in [-0.05, 0) is 17.5 Å². The third-order valence-corrected chi connectivity index (χ3v) is 3.01. The monoisotopic (exact) mass is 209 g/mol. The van der Waals surface area contributed by atoms with Gasteiger partial charge in [0.1, 0.15) is 5.75 Å². The lowest BCUT2D eigenvalue weighted by Gasteiger charge is -2.06. The molecule has 5 N–H and O–H groups in total. The number of hydrogen-bond donors (Lipinski definition) is 4. The quantitative estimate of drug-likeness (QED) is 0.299. The van der Waals surface area contributed by atoms with Crippen molar-refractivity contribution in [2.45, 2.75) is 0 Å². The largest absolute Gasteiger partial charge is 0.507 e. The van der Waals surface area contributed by atoms with Crippen LogP contribution in [0.25, 0.3) is 10.1 Å². The van der Waals surface area contributed by atoms with Gasteiger partial charge in [-0.2, -0.15) is 0 Å². The Morgan fingerprint density at radius 2 is 2.07 bits per heavy atom. The van der Waals surface area contributed by atoms with Crippen molar-refractivity contribution in [1.82, 2.24) is 0 Å². The fourth-order valence-electron chi connectivity index (χ4n) is 1.37. The van der Waals surface area contributed by atoms with Gasteiger partial charge in [0.2, 0.25) is 0 Å². The van der Waals surface area contributed by atoms with Gasteiger partial charge in [0.05, 0.1) is 4.70 Å². The maximum Gasteiger partial charge on any atom is 0.490 e. The van der Waals surface area contributed by atoms with Gasteiger partial charge in [-0.3, -0.25) is 0 Å². The maximum absolute atomic E-state index is 9.54. The van der Waals surface area contributed by atoms with Gasteiger partial charge in [0.15, 0.2) is 0 Å². The van der Waals surface area contributed by atoms with E-state index in [0.29, 0.717) is 15.8 Å². The molecule has 72 valence electrons. The minimum Gasteiger partial charge on any atom is -0.507 e. The summed E-state index contributed by atoms with van der Waals surface area (Å²) in [6.45, 7) is 0. The van der Waals surface area contributed by atoms with Crippen molar-refractivity contribution in [3.05, 3.63) is 17.5 Å². The summed E-state index contributed by atoms with van der Waals surface area (Å²) in [5.74, 6) is 0.0125. The Morgan fingerprint density at radius 3 is 2.71 bits per heavy atom. The molecule has 0 spiro atoms. The van der Waals surface area contributed by atoms with Crippen LogP contribution in [0.1, 0.15) is 0 Å². The van der Waals surface area contributed by atoms with Crippen LogP contribution in [0.2, 0.25) is 0 Å². The summed E-state index contributed by atoms with van der Waals surface area (Å²) in [6, 6.07) is 3.01. The van der Waals surface area contributed by atoms with Gasteiger partial charge < -0.3 is 20.9 Å². The van der Waals surface area contributed by atoms with E-state index in [-0.39, 0.29) is 11.2 Å². The van der Waals surface area contributed by atoms with Crippen molar-refractivity contribution in [3.63, 3.8) is 0 Å². The molecule has 1 aromatic carbocycles. The summed E-state index contributed by atoms with van der Waals surface area (Å²) < 4.78 is 0.674. The number of thiophene rings is 1. The molecule has 1 heterocycles. The first-order chi connectivity index (χ1) is 6.61. The van der Waals surface area contributed by atoms with Crippen LogP contribution in [0.4, 0.5) is 5.69 Å². The first kappa shape index (κ1) is 9.33. The molecular formula is C8H8BNO3S. The van der Waals surface area contributed by atoms with Gasteiger partial charge in [-0.25, -0.2) is 0 Å². The van der Waals surface area contributed by atoms with Crippen LogP contribution in [0.5, 0.6) is 5.75 Å². The Bertz CT molecular complexity index is 483. The molecule has 0 aliphatic heterocycles. The number of hydrogen-bond acceptors (Lipinski definition) is 5. The predicted octanol–water partition coefficient (Wildman–Crippen LogP) is -0.131. The van der Waals surface area contributed by atoms with E-state index in [4.69, 9.17) is 15.8 Å². The molecule has 0 unspecified atom stereocenters. The SMILES string of the molecule is Nc1c(B(O)O)cc(O)c2ccsc12. The van der Waals surface area contributed by atoms with Crippen molar-refractivity contribution in [3.8, 4) is 5.75 Å². The van der Waals surface area contributed by atoms with E-state index in [0.717, 1.165) is 0 Å². The third kappa shape index (κ3) is 1.24. The molecule has 0 fully saturated rings. The molecule has 6 heteroatoms. The number of rotatable bonds is 1. The minimum absolute atomic E-state index is 0.0125. The second kappa shape index (κ2) is 3.16. The van der Waals surface area contributed by atoms with Crippen molar-refractivity contribution in [1.29, 1.82) is 0 Å². The fraction of sp³-hybridized carbons (Fsp3) is 0. The highest BCUT2D eigenvalue weighted by molar-refractivity contribution is 7.18. The average molecular weight is 209 g/mol. The molecule has 2 aromatic rings. The number of anilines is 1. The molecule has 0 saturated carbocycles. The zero-order chi connectivity index (χ0) is 10.3. The summed E-state index contributed by atoms with van der Waals surface area (Å²) in [7, 11) is -1.66. The number of nitrogens with two attached hydrogens (primary N) is 1. The van der Waals surface area contributed by atoms with Crippen LogP contribution in [-0.4, -0.2) is 22.3 Å². The first-order valence-electron chi connectivity index (χ1n) is 3.96. The molecule has 0 bridgehead atoms. The smallest absolute Gasteiger partial charge is 0.490 e. The Balaban J connectivity index is 2.82. The van der Waals surface area contributed by atoms with E-state index in [9.17, 15) is 5.11 Å². The average Bonchev–Trinajstić information content (AvgIpc) is 2.59. The van der Waals surface area contributed by atoms with E-state index in [1.54, 1.807) is 11.4 Å². The van der Waals surface area contributed by atoms with Crippen molar-refractivity contribution >= 4 is 39.7 Å². The summed E-state index contributed by atoms with van der Waals surface area (Å²) >= 11 is 1.35. The molecule has 0 aliphatic rings. The van der Waals surface area contributed by atoms with Gasteiger partial charge in [0.25, 0.3) is 0 Å². The molecule has 14 heavy (non-hydrogen) atoms. The van der Waals surface area contributed by atoms with Gasteiger partial charge in [-0.1, -0.05) is 0 Å². The van der Waals surface area contributed by atoms with Gasteiger partial charge in [0, 0.05) is 16.5 Å². The topological polar surface area (TPSA) is 86.7 Å². The predicted molar refractivity (Wildman–Crippen MR) is 57.7 cm³/mol. The summed E-state index contributed by atoms with van der Waals surface area (Å²) in [4.78, 5) is 0. The molecule has 1 aromatic heterocycles. The highest BCUT2D eigenvalue weighted by Crippen LogP contribution is 2.32. The lowest BCUT2D eigenvalue weighted by atomic mass is 9.78. The van der Waals surface area contributed by atoms with Crippen LogP contribution in [-0.2, 0) is 0 Å². The molecule has 0 radical (unpaired) electrons. The number of phenolic OH excluding ortho intramolecular Hbond substituents is 1. The van der Waals surface area contributed by atoms with Gasteiger partial charge >= 0.3 is 7.12 Å². The van der Waals surface area contributed by atoms with E-state index in [2.05, 4.69) is 0 Å². The van der Waals surface area contributed by atoms with Crippen LogP contribution in [0.3, 0.4) is 0 Å². The molecule has 2 rings (SSSR count). The number of benzene rings is 1. The van der Waals surface area contributed by atoms with Gasteiger partial charge in [-0.15, -0.1) is 11.3 Å². The van der Waals surface area contributed by atoms with E-state index in [1.165, 1.54) is 17.4 Å². The highest BCUT2D eigenvalue weighted by Gasteiger charge is 2.19. The molecular weight excluding hydrogens is 201 g/mol. The Kier molecular flexibility index (Phi) is 2.11. The number of aromatic hydroxyl groups is 1. The van der Waals surface area contributed by atoms with E-state index >= 15 is 0 Å². The van der Waals surface area contributed by atoms with Crippen molar-refractivity contribution in [2.24, 2.45) is 0 Å². The van der Waals surface area contributed by atoms with Crippen LogP contribution >= 0.6 is 11.3 Å². The molecule has 0 atom stereocenters. The number of nitrogen functional groups attached to an aromatic ring is 1. The minimum atomic E-state index is -1.66. The van der Waals surface area contributed by atoms with Crippen LogP contribution in [0, 0.1) is 0 Å². The second-order valence-corrected chi connectivity index (χ2v) is 3.85. The standard InChI is InChI=1S/C8H8BNO3S/c10-7-5(9(12)13)3-6(11)4-1-2-14-8(4)7/h1-3,11-13H,10H2. The lowest BCUT2D eigenvalue weighted by molar-refractivity contribution is 0.425. The summed E-state index contributed by atoms with van der Waals surface area (Å²) in [6.07, 6.45) is 0. The summed E-state index contributed by atoms with van der Waals surface area (Å²) in [5, 5.41) is 30.0. The molecule has 0 saturated heterocycles. The summed E-state index contributed by atoms with van der Waals surface area (Å²) in [5.41, 5.74) is 6.16. The normalized spacial score (nSPS) is 10.7. The third-order valence-electron chi connectivity index (χ3n) is 2.07. The number of phenols is 1. The molecule has 0 amide bonds. The first-order valence-corrected chi connectivity index (χ1v) is 4.84. The zero-order valence-corrected chi connectivity index (χ0v) is 7.95. The van der Waals surface area contributed by atoms with Crippen LogP contribution < -0.4 is 11.2 Å². The Morgan fingerprint density at radius 1 is 1.36 bits per heavy atom. The van der Waals surface area contributed by atoms with Crippen molar-refractivity contribution in [2.75, 3.05) is 5.73 Å².